The number of carbonyl (C=O) groups excluding carboxylic acids is 1. The number of carboxylic acid groups (broad SMARTS) is 2. The molecule has 1 heterocycles. The number of nitrogens with one attached hydrogen (secondary N) is 1. The van der Waals surface area contributed by atoms with Crippen molar-refractivity contribution in [3.8, 4) is 0 Å². The maximum atomic E-state index is 13.0. The van der Waals surface area contributed by atoms with Crippen molar-refractivity contribution in [1.29, 1.82) is 0 Å². The molecule has 1 aliphatic carbocycles. The van der Waals surface area contributed by atoms with Crippen LogP contribution in [0.15, 0.2) is 30.3 Å². The number of hydrogen-bond donors (Lipinski definition) is 3. The third-order valence-electron chi connectivity index (χ3n) is 6.06. The van der Waals surface area contributed by atoms with E-state index in [1.165, 1.54) is 4.90 Å². The molecule has 0 aromatic heterocycles. The van der Waals surface area contributed by atoms with E-state index < -0.39 is 30.1 Å². The number of hydrogen-bond acceptors (Lipinski definition) is 4. The predicted octanol–water partition coefficient (Wildman–Crippen LogP) is 1.90. The van der Waals surface area contributed by atoms with Crippen molar-refractivity contribution in [2.24, 2.45) is 5.92 Å². The Morgan fingerprint density at radius 1 is 1.18 bits per heavy atom. The zero-order chi connectivity index (χ0) is 20.3. The normalized spacial score (nSPS) is 25.9. The highest BCUT2D eigenvalue weighted by Crippen LogP contribution is 2.41. The molecule has 0 spiro atoms. The summed E-state index contributed by atoms with van der Waals surface area (Å²) in [7, 11) is 0. The number of amides is 1. The van der Waals surface area contributed by atoms with Crippen LogP contribution in [-0.2, 0) is 20.8 Å². The van der Waals surface area contributed by atoms with Crippen LogP contribution in [0.5, 0.6) is 0 Å². The molecule has 7 heteroatoms. The highest BCUT2D eigenvalue weighted by Gasteiger charge is 2.49. The van der Waals surface area contributed by atoms with E-state index in [0.29, 0.717) is 19.3 Å². The van der Waals surface area contributed by atoms with Gasteiger partial charge >= 0.3 is 11.9 Å². The van der Waals surface area contributed by atoms with E-state index in [0.717, 1.165) is 24.8 Å². The van der Waals surface area contributed by atoms with Gasteiger partial charge in [-0.3, -0.25) is 14.9 Å². The standard InChI is InChI=1S/C21H28N2O5/c1-13(22-16(20(25)26)11-10-14-6-3-2-4-7-14)19(24)23-17-9-5-8-15(17)12-18(23)21(27)28/h2-4,6-7,13,15-18,22H,5,8-12H2,1H3,(H,25,26)(H,27,28)/t13-,15-,16+,17-,18-/m0/s1. The summed E-state index contributed by atoms with van der Waals surface area (Å²) in [5, 5.41) is 22.0. The fraction of sp³-hybridized carbons (Fsp3) is 0.571. The van der Waals surface area contributed by atoms with E-state index in [-0.39, 0.29) is 17.9 Å². The number of carboxylic acids is 2. The van der Waals surface area contributed by atoms with Gasteiger partial charge in [-0.1, -0.05) is 36.8 Å². The molecule has 1 saturated heterocycles. The van der Waals surface area contributed by atoms with Gasteiger partial charge in [0.15, 0.2) is 0 Å². The molecule has 152 valence electrons. The van der Waals surface area contributed by atoms with E-state index in [9.17, 15) is 24.6 Å². The van der Waals surface area contributed by atoms with Gasteiger partial charge in [-0.25, -0.2) is 4.79 Å². The number of aliphatic carboxylic acids is 2. The molecule has 1 aliphatic heterocycles. The van der Waals surface area contributed by atoms with Gasteiger partial charge in [0.1, 0.15) is 12.1 Å². The zero-order valence-electron chi connectivity index (χ0n) is 16.1. The Labute approximate surface area is 164 Å². The van der Waals surface area contributed by atoms with Crippen molar-refractivity contribution in [3.05, 3.63) is 35.9 Å². The van der Waals surface area contributed by atoms with Gasteiger partial charge in [0, 0.05) is 6.04 Å². The van der Waals surface area contributed by atoms with Gasteiger partial charge in [0.25, 0.3) is 0 Å². The summed E-state index contributed by atoms with van der Waals surface area (Å²) in [5.74, 6) is -2.06. The van der Waals surface area contributed by atoms with Crippen LogP contribution in [0.1, 0.15) is 44.6 Å². The maximum absolute atomic E-state index is 13.0. The van der Waals surface area contributed by atoms with Gasteiger partial charge in [0.05, 0.1) is 6.04 Å². The SMILES string of the molecule is C[C@H](N[C@H](CCc1ccccc1)C(=O)O)C(=O)N1[C@H](C(=O)O)C[C@@H]2CCC[C@@H]21. The fourth-order valence-corrected chi connectivity index (χ4v) is 4.66. The van der Waals surface area contributed by atoms with Crippen LogP contribution in [0.3, 0.4) is 0 Å². The molecule has 2 aliphatic rings. The van der Waals surface area contributed by atoms with Gasteiger partial charge in [-0.05, 0) is 50.5 Å². The molecule has 28 heavy (non-hydrogen) atoms. The van der Waals surface area contributed by atoms with Crippen LogP contribution in [0.4, 0.5) is 0 Å². The van der Waals surface area contributed by atoms with E-state index in [1.54, 1.807) is 6.92 Å². The fourth-order valence-electron chi connectivity index (χ4n) is 4.66. The minimum Gasteiger partial charge on any atom is -0.480 e. The molecule has 3 rings (SSSR count). The second-order valence-electron chi connectivity index (χ2n) is 7.90. The van der Waals surface area contributed by atoms with Crippen molar-refractivity contribution in [1.82, 2.24) is 10.2 Å². The van der Waals surface area contributed by atoms with Gasteiger partial charge in [0.2, 0.25) is 5.91 Å². The molecule has 7 nitrogen and oxygen atoms in total. The molecule has 3 N–H and O–H groups in total. The number of benzene rings is 1. The molecule has 1 aromatic rings. The van der Waals surface area contributed by atoms with Gasteiger partial charge < -0.3 is 15.1 Å². The average molecular weight is 388 g/mol. The maximum Gasteiger partial charge on any atom is 0.326 e. The number of aryl methyl sites for hydroxylation is 1. The van der Waals surface area contributed by atoms with E-state index in [2.05, 4.69) is 5.32 Å². The summed E-state index contributed by atoms with van der Waals surface area (Å²) in [6, 6.07) is 7.13. The highest BCUT2D eigenvalue weighted by molar-refractivity contribution is 5.88. The Balaban J connectivity index is 1.65. The molecule has 0 radical (unpaired) electrons. The second-order valence-corrected chi connectivity index (χ2v) is 7.90. The van der Waals surface area contributed by atoms with Crippen molar-refractivity contribution < 1.29 is 24.6 Å². The zero-order valence-corrected chi connectivity index (χ0v) is 16.1. The smallest absolute Gasteiger partial charge is 0.326 e. The minimum atomic E-state index is -1.01. The molecule has 2 fully saturated rings. The quantitative estimate of drug-likeness (QED) is 0.628. The van der Waals surface area contributed by atoms with Gasteiger partial charge in [-0.2, -0.15) is 0 Å². The second kappa shape index (κ2) is 8.73. The monoisotopic (exact) mass is 388 g/mol. The molecule has 1 saturated carbocycles. The van der Waals surface area contributed by atoms with E-state index in [4.69, 9.17) is 0 Å². The summed E-state index contributed by atoms with van der Waals surface area (Å²) in [5.41, 5.74) is 1.04. The van der Waals surface area contributed by atoms with Crippen molar-refractivity contribution >= 4 is 17.8 Å². The summed E-state index contributed by atoms with van der Waals surface area (Å²) in [4.78, 5) is 37.9. The van der Waals surface area contributed by atoms with Crippen LogP contribution < -0.4 is 5.32 Å². The summed E-state index contributed by atoms with van der Waals surface area (Å²) in [6.45, 7) is 1.63. The van der Waals surface area contributed by atoms with Crippen LogP contribution in [-0.4, -0.2) is 57.1 Å². The van der Waals surface area contributed by atoms with Gasteiger partial charge in [-0.15, -0.1) is 0 Å². The number of likely N-dealkylation sites (tertiary alicyclic amines) is 1. The molecular formula is C21H28N2O5. The lowest BCUT2D eigenvalue weighted by Crippen LogP contribution is -2.55. The summed E-state index contributed by atoms with van der Waals surface area (Å²) in [6.07, 6.45) is 4.21. The molecule has 0 unspecified atom stereocenters. The third-order valence-corrected chi connectivity index (χ3v) is 6.06. The van der Waals surface area contributed by atoms with Crippen molar-refractivity contribution in [2.75, 3.05) is 0 Å². The predicted molar refractivity (Wildman–Crippen MR) is 103 cm³/mol. The van der Waals surface area contributed by atoms with E-state index in [1.807, 2.05) is 30.3 Å². The number of carbonyl (C=O) groups is 3. The van der Waals surface area contributed by atoms with E-state index >= 15 is 0 Å². The Morgan fingerprint density at radius 2 is 1.89 bits per heavy atom. The summed E-state index contributed by atoms with van der Waals surface area (Å²) < 4.78 is 0. The molecular weight excluding hydrogens is 360 g/mol. The topological polar surface area (TPSA) is 107 Å². The first-order valence-corrected chi connectivity index (χ1v) is 9.96. The lowest BCUT2D eigenvalue weighted by molar-refractivity contribution is -0.151. The molecule has 1 amide bonds. The number of rotatable bonds is 8. The highest BCUT2D eigenvalue weighted by atomic mass is 16.4. The Bertz CT molecular complexity index is 723. The first kappa shape index (κ1) is 20.3. The van der Waals surface area contributed by atoms with Crippen molar-refractivity contribution in [2.45, 2.75) is 69.6 Å². The van der Waals surface area contributed by atoms with Crippen LogP contribution in [0.2, 0.25) is 0 Å². The summed E-state index contributed by atoms with van der Waals surface area (Å²) >= 11 is 0. The minimum absolute atomic E-state index is 0.0366. The van der Waals surface area contributed by atoms with Crippen molar-refractivity contribution in [3.63, 3.8) is 0 Å². The Kier molecular flexibility index (Phi) is 6.34. The largest absolute Gasteiger partial charge is 0.480 e. The molecule has 0 bridgehead atoms. The number of nitrogens with zero attached hydrogens (tertiary/aromatic N) is 1. The Morgan fingerprint density at radius 3 is 2.54 bits per heavy atom. The lowest BCUT2D eigenvalue weighted by atomic mass is 10.0. The average Bonchev–Trinajstić information content (AvgIpc) is 3.26. The van der Waals surface area contributed by atoms with Crippen LogP contribution in [0.25, 0.3) is 0 Å². The van der Waals surface area contributed by atoms with Crippen LogP contribution in [0, 0.1) is 5.92 Å². The first-order valence-electron chi connectivity index (χ1n) is 9.96. The third kappa shape index (κ3) is 4.35. The lowest BCUT2D eigenvalue weighted by Gasteiger charge is -2.31. The number of fused-ring (bicyclic) bond motifs is 1. The molecule has 1 aromatic carbocycles. The van der Waals surface area contributed by atoms with Crippen LogP contribution >= 0.6 is 0 Å². The Hall–Kier alpha value is -2.41. The first-order chi connectivity index (χ1) is 13.4. The molecule has 5 atom stereocenters.